The number of rotatable bonds is 6. The summed E-state index contributed by atoms with van der Waals surface area (Å²) in [6.07, 6.45) is -1.59. The number of ketones is 2. The van der Waals surface area contributed by atoms with Crippen molar-refractivity contribution in [2.45, 2.75) is 78.3 Å². The quantitative estimate of drug-likeness (QED) is 0.657. The van der Waals surface area contributed by atoms with Gasteiger partial charge >= 0.3 is 6.18 Å². The molecule has 0 aromatic carbocycles. The number of carbonyl (C=O) groups excluding carboxylic acids is 2. The summed E-state index contributed by atoms with van der Waals surface area (Å²) in [5, 5.41) is 0. The van der Waals surface area contributed by atoms with Crippen molar-refractivity contribution in [1.29, 1.82) is 0 Å². The first kappa shape index (κ1) is 18.2. The third-order valence-electron chi connectivity index (χ3n) is 5.23. The molecule has 21 heavy (non-hydrogen) atoms. The van der Waals surface area contributed by atoms with Crippen molar-refractivity contribution >= 4 is 11.6 Å². The highest BCUT2D eigenvalue weighted by molar-refractivity contribution is 6.04. The molecule has 0 spiro atoms. The summed E-state index contributed by atoms with van der Waals surface area (Å²) in [7, 11) is 0. The van der Waals surface area contributed by atoms with Gasteiger partial charge < -0.3 is 0 Å². The van der Waals surface area contributed by atoms with Gasteiger partial charge in [-0.3, -0.25) is 9.59 Å². The van der Waals surface area contributed by atoms with Crippen LogP contribution in [0.15, 0.2) is 0 Å². The second kappa shape index (κ2) is 6.49. The average molecular weight is 306 g/mol. The lowest BCUT2D eigenvalue weighted by atomic mass is 9.69. The van der Waals surface area contributed by atoms with Gasteiger partial charge in [-0.1, -0.05) is 40.0 Å². The summed E-state index contributed by atoms with van der Waals surface area (Å²) >= 11 is 0. The van der Waals surface area contributed by atoms with E-state index in [1.165, 1.54) is 13.8 Å². The standard InChI is InChI=1S/C16H25F3O2/c1-4-15(5-2,16(17,18)19)13(21)11-12(20)14(3)9-7-6-8-10-14/h4-11H2,1-3H3. The fourth-order valence-electron chi connectivity index (χ4n) is 3.34. The Kier molecular flexibility index (Phi) is 5.62. The summed E-state index contributed by atoms with van der Waals surface area (Å²) in [5.74, 6) is -1.28. The highest BCUT2D eigenvalue weighted by Gasteiger charge is 2.57. The van der Waals surface area contributed by atoms with Gasteiger partial charge in [0.1, 0.15) is 11.2 Å². The van der Waals surface area contributed by atoms with Crippen molar-refractivity contribution in [3.05, 3.63) is 0 Å². The van der Waals surface area contributed by atoms with Crippen molar-refractivity contribution < 1.29 is 22.8 Å². The smallest absolute Gasteiger partial charge is 0.299 e. The predicted octanol–water partition coefficient (Wildman–Crippen LogP) is 4.85. The van der Waals surface area contributed by atoms with Crippen molar-refractivity contribution in [3.8, 4) is 0 Å². The van der Waals surface area contributed by atoms with Crippen LogP contribution in [0, 0.1) is 10.8 Å². The van der Waals surface area contributed by atoms with E-state index in [0.29, 0.717) is 12.8 Å². The van der Waals surface area contributed by atoms with Crippen LogP contribution in [0.2, 0.25) is 0 Å². The molecule has 0 aromatic rings. The molecule has 0 saturated heterocycles. The summed E-state index contributed by atoms with van der Waals surface area (Å²) < 4.78 is 39.8. The minimum Gasteiger partial charge on any atom is -0.299 e. The van der Waals surface area contributed by atoms with E-state index in [4.69, 9.17) is 0 Å². The van der Waals surface area contributed by atoms with Gasteiger partial charge in [-0.15, -0.1) is 0 Å². The van der Waals surface area contributed by atoms with E-state index in [0.717, 1.165) is 19.3 Å². The van der Waals surface area contributed by atoms with Gasteiger partial charge in [0.15, 0.2) is 5.78 Å². The second-order valence-electron chi connectivity index (χ2n) is 6.43. The maximum Gasteiger partial charge on any atom is 0.401 e. The molecule has 122 valence electrons. The van der Waals surface area contributed by atoms with Crippen LogP contribution in [-0.4, -0.2) is 17.7 Å². The number of hydrogen-bond acceptors (Lipinski definition) is 2. The Morgan fingerprint density at radius 2 is 1.48 bits per heavy atom. The first-order chi connectivity index (χ1) is 9.63. The molecule has 5 heteroatoms. The molecule has 0 unspecified atom stereocenters. The molecule has 1 aliphatic rings. The van der Waals surface area contributed by atoms with E-state index in [-0.39, 0.29) is 18.6 Å². The normalized spacial score (nSPS) is 19.3. The van der Waals surface area contributed by atoms with Crippen LogP contribution in [-0.2, 0) is 9.59 Å². The molecule has 0 aromatic heterocycles. The van der Waals surface area contributed by atoms with Crippen LogP contribution >= 0.6 is 0 Å². The van der Waals surface area contributed by atoms with Crippen LogP contribution in [0.5, 0.6) is 0 Å². The third-order valence-corrected chi connectivity index (χ3v) is 5.23. The first-order valence-electron chi connectivity index (χ1n) is 7.76. The highest BCUT2D eigenvalue weighted by atomic mass is 19.4. The molecule has 1 rings (SSSR count). The van der Waals surface area contributed by atoms with Crippen LogP contribution in [0.4, 0.5) is 13.2 Å². The number of alkyl halides is 3. The molecular formula is C16H25F3O2. The Morgan fingerprint density at radius 1 is 1.00 bits per heavy atom. The second-order valence-corrected chi connectivity index (χ2v) is 6.43. The van der Waals surface area contributed by atoms with Crippen LogP contribution in [0.25, 0.3) is 0 Å². The third kappa shape index (κ3) is 3.49. The topological polar surface area (TPSA) is 34.1 Å². The number of Topliss-reactive ketones (excluding diaryl/α,β-unsaturated/α-hetero) is 2. The van der Waals surface area contributed by atoms with Crippen molar-refractivity contribution in [2.24, 2.45) is 10.8 Å². The van der Waals surface area contributed by atoms with E-state index < -0.39 is 29.2 Å². The van der Waals surface area contributed by atoms with Gasteiger partial charge in [0, 0.05) is 5.41 Å². The van der Waals surface area contributed by atoms with E-state index in [1.54, 1.807) is 6.92 Å². The van der Waals surface area contributed by atoms with Crippen molar-refractivity contribution in [3.63, 3.8) is 0 Å². The van der Waals surface area contributed by atoms with Crippen LogP contribution < -0.4 is 0 Å². The molecule has 2 nitrogen and oxygen atoms in total. The largest absolute Gasteiger partial charge is 0.401 e. The SMILES string of the molecule is CCC(CC)(C(=O)CC(=O)C1(C)CCCCC1)C(F)(F)F. The van der Waals surface area contributed by atoms with Crippen LogP contribution in [0.1, 0.15) is 72.1 Å². The van der Waals surface area contributed by atoms with Gasteiger partial charge in [0.2, 0.25) is 0 Å². The zero-order valence-electron chi connectivity index (χ0n) is 13.1. The summed E-state index contributed by atoms with van der Waals surface area (Å²) in [5.41, 5.74) is -2.99. The van der Waals surface area contributed by atoms with E-state index in [9.17, 15) is 22.8 Å². The van der Waals surface area contributed by atoms with Gasteiger partial charge in [0.05, 0.1) is 6.42 Å². The predicted molar refractivity (Wildman–Crippen MR) is 74.9 cm³/mol. The average Bonchev–Trinajstić information content (AvgIpc) is 2.39. The minimum absolute atomic E-state index is 0.310. The summed E-state index contributed by atoms with van der Waals surface area (Å²) in [6, 6.07) is 0. The monoisotopic (exact) mass is 306 g/mol. The Morgan fingerprint density at radius 3 is 1.86 bits per heavy atom. The molecule has 1 fully saturated rings. The van der Waals surface area contributed by atoms with E-state index in [1.807, 2.05) is 0 Å². The Labute approximate surface area is 124 Å². The Bertz CT molecular complexity index is 389. The maximum atomic E-state index is 13.3. The van der Waals surface area contributed by atoms with Gasteiger partial charge in [-0.25, -0.2) is 0 Å². The molecule has 0 amide bonds. The molecule has 0 aliphatic heterocycles. The summed E-state index contributed by atoms with van der Waals surface area (Å²) in [4.78, 5) is 24.6. The molecule has 0 radical (unpaired) electrons. The molecule has 1 aliphatic carbocycles. The van der Waals surface area contributed by atoms with Crippen molar-refractivity contribution in [1.82, 2.24) is 0 Å². The maximum absolute atomic E-state index is 13.3. The van der Waals surface area contributed by atoms with E-state index in [2.05, 4.69) is 0 Å². The van der Waals surface area contributed by atoms with Crippen molar-refractivity contribution in [2.75, 3.05) is 0 Å². The highest BCUT2D eigenvalue weighted by Crippen LogP contribution is 2.46. The van der Waals surface area contributed by atoms with E-state index >= 15 is 0 Å². The van der Waals surface area contributed by atoms with Gasteiger partial charge in [-0.05, 0) is 25.7 Å². The fraction of sp³-hybridized carbons (Fsp3) is 0.875. The van der Waals surface area contributed by atoms with Gasteiger partial charge in [0.25, 0.3) is 0 Å². The molecule has 0 heterocycles. The number of hydrogen-bond donors (Lipinski definition) is 0. The zero-order chi connectivity index (χ0) is 16.3. The van der Waals surface area contributed by atoms with Gasteiger partial charge in [-0.2, -0.15) is 13.2 Å². The molecular weight excluding hydrogens is 281 g/mol. The zero-order valence-corrected chi connectivity index (χ0v) is 13.1. The lowest BCUT2D eigenvalue weighted by Crippen LogP contribution is -2.46. The molecule has 1 saturated carbocycles. The number of halogens is 3. The lowest BCUT2D eigenvalue weighted by molar-refractivity contribution is -0.222. The number of carbonyl (C=O) groups is 2. The summed E-state index contributed by atoms with van der Waals surface area (Å²) in [6.45, 7) is 4.51. The lowest BCUT2D eigenvalue weighted by Gasteiger charge is -2.35. The molecule has 0 atom stereocenters. The Hall–Kier alpha value is -0.870. The minimum atomic E-state index is -4.60. The molecule has 0 N–H and O–H groups in total. The van der Waals surface area contributed by atoms with Crippen LogP contribution in [0.3, 0.4) is 0 Å². The fourth-order valence-corrected chi connectivity index (χ4v) is 3.34. The molecule has 0 bridgehead atoms. The first-order valence-corrected chi connectivity index (χ1v) is 7.76. The Balaban J connectivity index is 2.90.